The number of hydrogen-bond donors (Lipinski definition) is 1. The zero-order valence-corrected chi connectivity index (χ0v) is 14.6. The molecule has 5 heteroatoms. The third-order valence-electron chi connectivity index (χ3n) is 3.45. The largest absolute Gasteiger partial charge is 0.491 e. The Morgan fingerprint density at radius 3 is 2.70 bits per heavy atom. The summed E-state index contributed by atoms with van der Waals surface area (Å²) in [6.07, 6.45) is 0.500. The Morgan fingerprint density at radius 1 is 1.17 bits per heavy atom. The van der Waals surface area contributed by atoms with Crippen molar-refractivity contribution in [2.24, 2.45) is 0 Å². The van der Waals surface area contributed by atoms with Gasteiger partial charge in [0.1, 0.15) is 12.4 Å². The molecule has 1 N–H and O–H groups in total. The van der Waals surface area contributed by atoms with Crippen LogP contribution >= 0.6 is 23.1 Å². The third-order valence-corrected chi connectivity index (χ3v) is 5.77. The van der Waals surface area contributed by atoms with E-state index in [1.165, 1.54) is 10.3 Å². The monoisotopic (exact) mass is 345 g/mol. The highest BCUT2D eigenvalue weighted by atomic mass is 32.2. The number of aliphatic hydroxyl groups is 1. The Labute approximate surface area is 144 Å². The Morgan fingerprint density at radius 2 is 1.96 bits per heavy atom. The first-order chi connectivity index (χ1) is 11.2. The predicted octanol–water partition coefficient (Wildman–Crippen LogP) is 4.39. The second-order valence-corrected chi connectivity index (χ2v) is 7.52. The van der Waals surface area contributed by atoms with Gasteiger partial charge in [-0.15, -0.1) is 11.3 Å². The number of rotatable bonds is 7. The first kappa shape index (κ1) is 16.3. The number of para-hydroxylation sites is 1. The number of nitrogens with zero attached hydrogens (tertiary/aromatic N) is 1. The molecule has 3 aromatic rings. The molecule has 120 valence electrons. The maximum Gasteiger partial charge on any atom is 0.151 e. The summed E-state index contributed by atoms with van der Waals surface area (Å²) in [6, 6.07) is 16.1. The molecule has 0 aliphatic rings. The molecule has 0 radical (unpaired) electrons. The average Bonchev–Trinajstić information content (AvgIpc) is 3.01. The van der Waals surface area contributed by atoms with Gasteiger partial charge in [0.2, 0.25) is 0 Å². The van der Waals surface area contributed by atoms with Crippen LogP contribution in [0.5, 0.6) is 5.75 Å². The van der Waals surface area contributed by atoms with Gasteiger partial charge in [0.15, 0.2) is 4.34 Å². The van der Waals surface area contributed by atoms with Crippen molar-refractivity contribution in [2.45, 2.75) is 23.8 Å². The van der Waals surface area contributed by atoms with Gasteiger partial charge in [-0.1, -0.05) is 43.0 Å². The van der Waals surface area contributed by atoms with Crippen molar-refractivity contribution in [3.8, 4) is 5.75 Å². The summed E-state index contributed by atoms with van der Waals surface area (Å²) in [4.78, 5) is 4.55. The minimum absolute atomic E-state index is 0.295. The number of benzene rings is 2. The number of aliphatic hydroxyl groups excluding tert-OH is 1. The molecule has 1 aromatic heterocycles. The maximum absolute atomic E-state index is 10.1. The van der Waals surface area contributed by atoms with E-state index in [9.17, 15) is 5.11 Å². The van der Waals surface area contributed by atoms with E-state index in [0.29, 0.717) is 12.4 Å². The molecular weight excluding hydrogens is 326 g/mol. The van der Waals surface area contributed by atoms with Crippen LogP contribution in [0.3, 0.4) is 0 Å². The molecule has 0 aliphatic carbocycles. The van der Waals surface area contributed by atoms with E-state index in [0.717, 1.165) is 22.0 Å². The molecule has 23 heavy (non-hydrogen) atoms. The molecule has 3 nitrogen and oxygen atoms in total. The van der Waals surface area contributed by atoms with Crippen LogP contribution in [0.1, 0.15) is 12.5 Å². The van der Waals surface area contributed by atoms with Gasteiger partial charge in [-0.05, 0) is 36.2 Å². The van der Waals surface area contributed by atoms with Crippen molar-refractivity contribution in [1.29, 1.82) is 0 Å². The van der Waals surface area contributed by atoms with Gasteiger partial charge in [-0.2, -0.15) is 0 Å². The highest BCUT2D eigenvalue weighted by molar-refractivity contribution is 8.01. The SMILES string of the molecule is CCc1ccc(OCC(O)CSc2nc3ccccc3s2)cc1. The fourth-order valence-electron chi connectivity index (χ4n) is 2.14. The van der Waals surface area contributed by atoms with Gasteiger partial charge in [-0.3, -0.25) is 0 Å². The second kappa shape index (κ2) is 7.81. The summed E-state index contributed by atoms with van der Waals surface area (Å²) in [5.41, 5.74) is 2.30. The molecule has 0 fully saturated rings. The van der Waals surface area contributed by atoms with E-state index in [1.54, 1.807) is 23.1 Å². The predicted molar refractivity (Wildman–Crippen MR) is 97.7 cm³/mol. The summed E-state index contributed by atoms with van der Waals surface area (Å²) in [5, 5.41) is 10.1. The van der Waals surface area contributed by atoms with E-state index < -0.39 is 6.10 Å². The molecule has 1 atom stereocenters. The van der Waals surface area contributed by atoms with Gasteiger partial charge in [0.25, 0.3) is 0 Å². The van der Waals surface area contributed by atoms with Crippen molar-refractivity contribution in [2.75, 3.05) is 12.4 Å². The molecule has 3 rings (SSSR count). The van der Waals surface area contributed by atoms with Gasteiger partial charge in [-0.25, -0.2) is 4.98 Å². The van der Waals surface area contributed by atoms with Crippen LogP contribution < -0.4 is 4.74 Å². The number of aromatic nitrogens is 1. The second-order valence-electron chi connectivity index (χ2n) is 5.22. The highest BCUT2D eigenvalue weighted by Gasteiger charge is 2.09. The number of fused-ring (bicyclic) bond motifs is 1. The van der Waals surface area contributed by atoms with E-state index in [1.807, 2.05) is 30.3 Å². The van der Waals surface area contributed by atoms with Crippen molar-refractivity contribution < 1.29 is 9.84 Å². The lowest BCUT2D eigenvalue weighted by molar-refractivity contribution is 0.126. The fraction of sp³-hybridized carbons (Fsp3) is 0.278. The minimum atomic E-state index is -0.516. The molecular formula is C18H19NO2S2. The Bertz CT molecular complexity index is 722. The summed E-state index contributed by atoms with van der Waals surface area (Å²) >= 11 is 3.23. The normalized spacial score (nSPS) is 12.4. The molecule has 0 aliphatic heterocycles. The lowest BCUT2D eigenvalue weighted by Gasteiger charge is -2.11. The van der Waals surface area contributed by atoms with E-state index >= 15 is 0 Å². The molecule has 2 aromatic carbocycles. The molecule has 0 bridgehead atoms. The van der Waals surface area contributed by atoms with Gasteiger partial charge >= 0.3 is 0 Å². The molecule has 1 unspecified atom stereocenters. The van der Waals surface area contributed by atoms with Crippen LogP contribution in [0.2, 0.25) is 0 Å². The number of aryl methyl sites for hydroxylation is 1. The molecule has 0 spiro atoms. The Kier molecular flexibility index (Phi) is 5.54. The van der Waals surface area contributed by atoms with Crippen LogP contribution in [0.25, 0.3) is 10.2 Å². The third kappa shape index (κ3) is 4.47. The zero-order chi connectivity index (χ0) is 16.1. The van der Waals surface area contributed by atoms with Crippen molar-refractivity contribution >= 4 is 33.3 Å². The van der Waals surface area contributed by atoms with Crippen molar-refractivity contribution in [3.05, 3.63) is 54.1 Å². The first-order valence-corrected chi connectivity index (χ1v) is 9.43. The summed E-state index contributed by atoms with van der Waals surface area (Å²) in [5.74, 6) is 1.37. The molecule has 0 saturated carbocycles. The topological polar surface area (TPSA) is 42.4 Å². The van der Waals surface area contributed by atoms with Crippen LogP contribution in [0.15, 0.2) is 52.9 Å². The maximum atomic E-state index is 10.1. The quantitative estimate of drug-likeness (QED) is 0.645. The summed E-state index contributed by atoms with van der Waals surface area (Å²) < 4.78 is 7.80. The van der Waals surface area contributed by atoms with E-state index in [4.69, 9.17) is 4.74 Å². The lowest BCUT2D eigenvalue weighted by atomic mass is 10.2. The van der Waals surface area contributed by atoms with Gasteiger partial charge < -0.3 is 9.84 Å². The first-order valence-electron chi connectivity index (χ1n) is 7.63. The Hall–Kier alpha value is -1.56. The summed E-state index contributed by atoms with van der Waals surface area (Å²) in [6.45, 7) is 2.42. The standard InChI is InChI=1S/C18H19NO2S2/c1-2-13-7-9-15(10-8-13)21-11-14(20)12-22-18-19-16-5-3-4-6-17(16)23-18/h3-10,14,20H,2,11-12H2,1H3. The number of thioether (sulfide) groups is 1. The molecule has 0 amide bonds. The fourth-order valence-corrected chi connectivity index (χ4v) is 4.14. The molecule has 1 heterocycles. The zero-order valence-electron chi connectivity index (χ0n) is 12.9. The highest BCUT2D eigenvalue weighted by Crippen LogP contribution is 2.29. The van der Waals surface area contributed by atoms with Crippen LogP contribution in [-0.4, -0.2) is 28.6 Å². The van der Waals surface area contributed by atoms with Crippen LogP contribution in [0.4, 0.5) is 0 Å². The van der Waals surface area contributed by atoms with Crippen molar-refractivity contribution in [3.63, 3.8) is 0 Å². The van der Waals surface area contributed by atoms with Gasteiger partial charge in [0, 0.05) is 5.75 Å². The number of ether oxygens (including phenoxy) is 1. The van der Waals surface area contributed by atoms with Gasteiger partial charge in [0.05, 0.1) is 16.3 Å². The summed E-state index contributed by atoms with van der Waals surface area (Å²) in [7, 11) is 0. The number of hydrogen-bond acceptors (Lipinski definition) is 5. The molecule has 0 saturated heterocycles. The van der Waals surface area contributed by atoms with Crippen LogP contribution in [0, 0.1) is 0 Å². The lowest BCUT2D eigenvalue weighted by Crippen LogP contribution is -2.20. The average molecular weight is 345 g/mol. The Balaban J connectivity index is 1.47. The minimum Gasteiger partial charge on any atom is -0.491 e. The number of thiazole rings is 1. The smallest absolute Gasteiger partial charge is 0.151 e. The van der Waals surface area contributed by atoms with E-state index in [-0.39, 0.29) is 0 Å². The van der Waals surface area contributed by atoms with E-state index in [2.05, 4.69) is 30.1 Å². The van der Waals surface area contributed by atoms with Crippen LogP contribution in [-0.2, 0) is 6.42 Å². The van der Waals surface area contributed by atoms with Crippen molar-refractivity contribution in [1.82, 2.24) is 4.98 Å².